The van der Waals surface area contributed by atoms with Crippen molar-refractivity contribution in [3.8, 4) is 0 Å². The number of aliphatic carboxylic acids is 1. The molecule has 1 aliphatic heterocycles. The molecule has 1 N–H and O–H groups in total. The average Bonchev–Trinajstić information content (AvgIpc) is 3.17. The number of rotatable bonds is 4. The van der Waals surface area contributed by atoms with E-state index in [-0.39, 0.29) is 24.2 Å². The van der Waals surface area contributed by atoms with Gasteiger partial charge in [0.1, 0.15) is 18.3 Å². The Morgan fingerprint density at radius 2 is 2.30 bits per heavy atom. The van der Waals surface area contributed by atoms with Crippen LogP contribution in [0.4, 0.5) is 0 Å². The van der Waals surface area contributed by atoms with Crippen molar-refractivity contribution in [2.45, 2.75) is 19.4 Å². The Morgan fingerprint density at radius 1 is 1.48 bits per heavy atom. The van der Waals surface area contributed by atoms with E-state index in [9.17, 15) is 9.59 Å². The normalized spacial score (nSPS) is 18.1. The molecular weight excluding hydrogens is 318 g/mol. The van der Waals surface area contributed by atoms with E-state index in [2.05, 4.69) is 0 Å². The zero-order valence-corrected chi connectivity index (χ0v) is 13.5. The number of carbonyl (C=O) groups is 2. The molecule has 0 aromatic carbocycles. The largest absolute Gasteiger partial charge is 0.481 e. The topological polar surface area (TPSA) is 80.0 Å². The highest BCUT2D eigenvalue weighted by molar-refractivity contribution is 7.10. The van der Waals surface area contributed by atoms with Gasteiger partial charge in [-0.15, -0.1) is 11.3 Å². The van der Waals surface area contributed by atoms with E-state index in [4.69, 9.17) is 14.3 Å². The fourth-order valence-corrected chi connectivity index (χ4v) is 3.46. The molecule has 0 spiro atoms. The Bertz CT molecular complexity index is 706. The van der Waals surface area contributed by atoms with Crippen molar-refractivity contribution >= 4 is 23.2 Å². The third-order valence-electron chi connectivity index (χ3n) is 3.79. The van der Waals surface area contributed by atoms with Crippen molar-refractivity contribution in [1.29, 1.82) is 0 Å². The van der Waals surface area contributed by atoms with Gasteiger partial charge in [0.25, 0.3) is 5.91 Å². The molecule has 2 aromatic rings. The number of carboxylic acids is 1. The van der Waals surface area contributed by atoms with Crippen LogP contribution < -0.4 is 0 Å². The molecule has 2 aromatic heterocycles. The highest BCUT2D eigenvalue weighted by atomic mass is 32.1. The number of nitrogens with zero attached hydrogens (tertiary/aromatic N) is 1. The molecule has 1 atom stereocenters. The molecule has 1 fully saturated rings. The Balaban J connectivity index is 1.80. The van der Waals surface area contributed by atoms with Crippen LogP contribution in [0, 0.1) is 6.92 Å². The molecule has 1 amide bonds. The summed E-state index contributed by atoms with van der Waals surface area (Å²) in [7, 11) is 0. The summed E-state index contributed by atoms with van der Waals surface area (Å²) in [6.45, 7) is 3.15. The van der Waals surface area contributed by atoms with Gasteiger partial charge in [0.05, 0.1) is 25.0 Å². The lowest BCUT2D eigenvalue weighted by Gasteiger charge is -2.32. The van der Waals surface area contributed by atoms with Crippen LogP contribution >= 0.6 is 11.3 Å². The van der Waals surface area contributed by atoms with Gasteiger partial charge in [-0.3, -0.25) is 9.59 Å². The summed E-state index contributed by atoms with van der Waals surface area (Å²) in [4.78, 5) is 26.5. The van der Waals surface area contributed by atoms with Gasteiger partial charge >= 0.3 is 5.97 Å². The first-order chi connectivity index (χ1) is 11.1. The Labute approximate surface area is 137 Å². The van der Waals surface area contributed by atoms with E-state index in [1.165, 1.54) is 6.26 Å². The quantitative estimate of drug-likeness (QED) is 0.928. The van der Waals surface area contributed by atoms with Crippen molar-refractivity contribution in [2.24, 2.45) is 0 Å². The monoisotopic (exact) mass is 335 g/mol. The number of ether oxygens (including phenoxy) is 1. The Morgan fingerprint density at radius 3 is 3.00 bits per heavy atom. The second-order valence-electron chi connectivity index (χ2n) is 5.41. The number of amides is 1. The summed E-state index contributed by atoms with van der Waals surface area (Å²) in [6, 6.07) is 3.94. The zero-order valence-electron chi connectivity index (χ0n) is 12.7. The molecule has 1 aliphatic rings. The molecule has 3 rings (SSSR count). The Hall–Kier alpha value is -2.12. The molecular formula is C16H17NO5S. The molecule has 0 saturated carbocycles. The van der Waals surface area contributed by atoms with E-state index in [1.54, 1.807) is 23.2 Å². The highest BCUT2D eigenvalue weighted by Gasteiger charge is 2.30. The maximum absolute atomic E-state index is 12.8. The van der Waals surface area contributed by atoms with E-state index in [1.807, 2.05) is 17.5 Å². The molecule has 7 heteroatoms. The van der Waals surface area contributed by atoms with Crippen molar-refractivity contribution in [1.82, 2.24) is 4.90 Å². The molecule has 23 heavy (non-hydrogen) atoms. The van der Waals surface area contributed by atoms with Crippen LogP contribution in [0.1, 0.15) is 32.7 Å². The van der Waals surface area contributed by atoms with Gasteiger partial charge < -0.3 is 19.2 Å². The summed E-state index contributed by atoms with van der Waals surface area (Å²) < 4.78 is 11.0. The van der Waals surface area contributed by atoms with E-state index in [0.717, 1.165) is 4.88 Å². The summed E-state index contributed by atoms with van der Waals surface area (Å²) in [5, 5.41) is 10.9. The van der Waals surface area contributed by atoms with Crippen LogP contribution in [-0.4, -0.2) is 41.6 Å². The van der Waals surface area contributed by atoms with Gasteiger partial charge in [0.15, 0.2) is 0 Å². The second kappa shape index (κ2) is 6.55. The smallest absolute Gasteiger partial charge is 0.311 e. The summed E-state index contributed by atoms with van der Waals surface area (Å²) >= 11 is 1.60. The summed E-state index contributed by atoms with van der Waals surface area (Å²) in [5.74, 6) is -1.01. The van der Waals surface area contributed by atoms with Gasteiger partial charge in [-0.1, -0.05) is 6.07 Å². The third kappa shape index (κ3) is 3.30. The number of carbonyl (C=O) groups excluding carboxylic acids is 1. The molecule has 0 aliphatic carbocycles. The van der Waals surface area contributed by atoms with E-state index >= 15 is 0 Å². The number of morpholine rings is 1. The van der Waals surface area contributed by atoms with Gasteiger partial charge in [0.2, 0.25) is 0 Å². The van der Waals surface area contributed by atoms with Crippen LogP contribution in [0.2, 0.25) is 0 Å². The average molecular weight is 335 g/mol. The first-order valence-electron chi connectivity index (χ1n) is 7.29. The molecule has 6 nitrogen and oxygen atoms in total. The lowest BCUT2D eigenvalue weighted by Crippen LogP contribution is -2.42. The second-order valence-corrected chi connectivity index (χ2v) is 6.39. The van der Waals surface area contributed by atoms with Crippen LogP contribution in [0.25, 0.3) is 0 Å². The molecule has 3 heterocycles. The fraction of sp³-hybridized carbons (Fsp3) is 0.375. The predicted octanol–water partition coefficient (Wildman–Crippen LogP) is 2.49. The summed E-state index contributed by atoms with van der Waals surface area (Å²) in [6.07, 6.45) is 0.999. The maximum Gasteiger partial charge on any atom is 0.311 e. The van der Waals surface area contributed by atoms with Crippen molar-refractivity contribution in [2.75, 3.05) is 19.7 Å². The molecule has 122 valence electrons. The van der Waals surface area contributed by atoms with Gasteiger partial charge in [-0.05, 0) is 18.4 Å². The van der Waals surface area contributed by atoms with Gasteiger partial charge in [-0.2, -0.15) is 0 Å². The minimum absolute atomic E-state index is 0.136. The van der Waals surface area contributed by atoms with E-state index in [0.29, 0.717) is 30.8 Å². The number of furan rings is 1. The molecule has 0 radical (unpaired) electrons. The highest BCUT2D eigenvalue weighted by Crippen LogP contribution is 2.28. The minimum Gasteiger partial charge on any atom is -0.481 e. The van der Waals surface area contributed by atoms with Gasteiger partial charge in [-0.25, -0.2) is 0 Å². The predicted molar refractivity (Wildman–Crippen MR) is 83.7 cm³/mol. The molecule has 0 bridgehead atoms. The third-order valence-corrected chi connectivity index (χ3v) is 4.76. The maximum atomic E-state index is 12.8. The first kappa shape index (κ1) is 15.8. The van der Waals surface area contributed by atoms with Crippen LogP contribution in [-0.2, 0) is 16.0 Å². The minimum atomic E-state index is -1.02. The van der Waals surface area contributed by atoms with Crippen molar-refractivity contribution in [3.05, 3.63) is 45.5 Å². The zero-order chi connectivity index (χ0) is 16.4. The number of hydrogen-bond acceptors (Lipinski definition) is 5. The fourth-order valence-electron chi connectivity index (χ4n) is 2.69. The Kier molecular flexibility index (Phi) is 4.49. The first-order valence-corrected chi connectivity index (χ1v) is 8.17. The number of thiophene rings is 1. The van der Waals surface area contributed by atoms with Crippen molar-refractivity contribution < 1.29 is 23.8 Å². The lowest BCUT2D eigenvalue weighted by molar-refractivity contribution is -0.136. The van der Waals surface area contributed by atoms with Crippen LogP contribution in [0.5, 0.6) is 0 Å². The molecule has 1 saturated heterocycles. The van der Waals surface area contributed by atoms with E-state index < -0.39 is 5.97 Å². The van der Waals surface area contributed by atoms with Crippen molar-refractivity contribution in [3.63, 3.8) is 0 Å². The SMILES string of the molecule is Cc1coc(CC(=O)O)c1C(=O)N1CCOC(c2cccs2)C1. The number of carboxylic acid groups (broad SMARTS) is 1. The van der Waals surface area contributed by atoms with Crippen LogP contribution in [0.15, 0.2) is 28.2 Å². The molecule has 1 unspecified atom stereocenters. The van der Waals surface area contributed by atoms with Gasteiger partial charge in [0, 0.05) is 17.0 Å². The number of hydrogen-bond donors (Lipinski definition) is 1. The summed E-state index contributed by atoms with van der Waals surface area (Å²) in [5.41, 5.74) is 1.02. The standard InChI is InChI=1S/C16H17NO5S/c1-10-9-22-11(7-14(18)19)15(10)16(20)17-4-5-21-12(8-17)13-3-2-6-23-13/h2-3,6,9,12H,4-5,7-8H2,1H3,(H,18,19). The lowest BCUT2D eigenvalue weighted by atomic mass is 10.1. The van der Waals surface area contributed by atoms with Crippen LogP contribution in [0.3, 0.4) is 0 Å². The number of aryl methyl sites for hydroxylation is 1.